The molecule has 0 amide bonds. The van der Waals surface area contributed by atoms with Gasteiger partial charge in [0.15, 0.2) is 0 Å². The van der Waals surface area contributed by atoms with Gasteiger partial charge in [0.05, 0.1) is 0 Å². The summed E-state index contributed by atoms with van der Waals surface area (Å²) >= 11 is 0. The number of allylic oxidation sites excluding steroid dienone is 11. The van der Waals surface area contributed by atoms with E-state index in [2.05, 4.69) is 76.8 Å². The summed E-state index contributed by atoms with van der Waals surface area (Å²) in [7, 11) is 0. The highest BCUT2D eigenvalue weighted by Gasteiger charge is 1.96. The topological polar surface area (TPSA) is 0 Å². The third kappa shape index (κ3) is 9.90. The molecule has 0 saturated carbocycles. The molecular formula is C21H32. The van der Waals surface area contributed by atoms with Crippen LogP contribution >= 0.6 is 0 Å². The fourth-order valence-corrected chi connectivity index (χ4v) is 1.88. The van der Waals surface area contributed by atoms with Crippen LogP contribution in [-0.4, -0.2) is 0 Å². The van der Waals surface area contributed by atoms with Crippen LogP contribution in [-0.2, 0) is 0 Å². The molecule has 0 fully saturated rings. The van der Waals surface area contributed by atoms with E-state index in [0.29, 0.717) is 0 Å². The molecule has 0 aliphatic carbocycles. The summed E-state index contributed by atoms with van der Waals surface area (Å²) in [4.78, 5) is 0. The predicted molar refractivity (Wildman–Crippen MR) is 98.5 cm³/mol. The molecule has 0 saturated heterocycles. The van der Waals surface area contributed by atoms with Crippen LogP contribution in [0.4, 0.5) is 0 Å². The third-order valence-electron chi connectivity index (χ3n) is 3.45. The maximum atomic E-state index is 4.05. The van der Waals surface area contributed by atoms with Gasteiger partial charge in [0.25, 0.3) is 0 Å². The summed E-state index contributed by atoms with van der Waals surface area (Å²) < 4.78 is 0. The average Bonchev–Trinajstić information content (AvgIpc) is 2.46. The molecule has 0 radical (unpaired) electrons. The Kier molecular flexibility index (Phi) is 11.3. The number of rotatable bonds is 9. The fraction of sp³-hybridized carbons (Fsp3) is 0.429. The number of hydrogen-bond donors (Lipinski definition) is 0. The molecule has 0 atom stereocenters. The van der Waals surface area contributed by atoms with Gasteiger partial charge >= 0.3 is 0 Å². The Labute approximate surface area is 132 Å². The zero-order valence-electron chi connectivity index (χ0n) is 14.6. The van der Waals surface area contributed by atoms with Gasteiger partial charge in [-0.25, -0.2) is 0 Å². The summed E-state index contributed by atoms with van der Waals surface area (Å²) in [6.45, 7) is 14.7. The molecule has 0 nitrogen and oxygen atoms in total. The first kappa shape index (κ1) is 19.4. The highest BCUT2D eigenvalue weighted by atomic mass is 14.0. The van der Waals surface area contributed by atoms with E-state index in [1.165, 1.54) is 28.7 Å². The van der Waals surface area contributed by atoms with Crippen molar-refractivity contribution < 1.29 is 0 Å². The summed E-state index contributed by atoms with van der Waals surface area (Å²) in [6.07, 6.45) is 19.7. The van der Waals surface area contributed by atoms with Crippen molar-refractivity contribution in [3.8, 4) is 0 Å². The molecule has 0 aromatic heterocycles. The van der Waals surface area contributed by atoms with Crippen LogP contribution in [0.3, 0.4) is 0 Å². The highest BCUT2D eigenvalue weighted by Crippen LogP contribution is 2.16. The van der Waals surface area contributed by atoms with Crippen molar-refractivity contribution in [3.63, 3.8) is 0 Å². The van der Waals surface area contributed by atoms with Crippen LogP contribution < -0.4 is 0 Å². The van der Waals surface area contributed by atoms with Crippen LogP contribution in [0, 0.1) is 0 Å². The molecule has 116 valence electrons. The van der Waals surface area contributed by atoms with Gasteiger partial charge in [-0.3, -0.25) is 0 Å². The number of hydrogen-bond acceptors (Lipinski definition) is 0. The zero-order valence-corrected chi connectivity index (χ0v) is 14.6. The van der Waals surface area contributed by atoms with Crippen LogP contribution in [0.2, 0.25) is 0 Å². The first-order chi connectivity index (χ1) is 10.0. The van der Waals surface area contributed by atoms with Crippen molar-refractivity contribution in [3.05, 3.63) is 71.4 Å². The van der Waals surface area contributed by atoms with Crippen molar-refractivity contribution in [2.75, 3.05) is 0 Å². The molecule has 0 N–H and O–H groups in total. The molecule has 0 bridgehead atoms. The molecule has 0 heterocycles. The summed E-state index contributed by atoms with van der Waals surface area (Å²) in [5, 5.41) is 0. The largest absolute Gasteiger partial charge is 0.0958 e. The molecule has 0 aromatic rings. The van der Waals surface area contributed by atoms with Crippen molar-refractivity contribution in [1.82, 2.24) is 0 Å². The Hall–Kier alpha value is -1.56. The molecular weight excluding hydrogens is 252 g/mol. The molecule has 0 rings (SSSR count). The van der Waals surface area contributed by atoms with Crippen LogP contribution in [0.25, 0.3) is 0 Å². The second kappa shape index (κ2) is 12.2. The average molecular weight is 284 g/mol. The lowest BCUT2D eigenvalue weighted by Crippen LogP contribution is -1.85. The highest BCUT2D eigenvalue weighted by molar-refractivity contribution is 5.31. The van der Waals surface area contributed by atoms with E-state index in [0.717, 1.165) is 19.3 Å². The standard InChI is InChI=1S/C21H32/c1-7-9-14-19(5)20(6)15-12-11-13-17-21(18(3)4)16-10-8-2/h8-10,12,14-16H,3,7,11,13,17H2,1-2,4-6H3/b10-8-,14-9+,15-12+,20-19-,21-16+. The first-order valence-corrected chi connectivity index (χ1v) is 8.01. The van der Waals surface area contributed by atoms with Gasteiger partial charge in [-0.1, -0.05) is 61.6 Å². The fourth-order valence-electron chi connectivity index (χ4n) is 1.88. The summed E-state index contributed by atoms with van der Waals surface area (Å²) in [5.74, 6) is 0. The van der Waals surface area contributed by atoms with Crippen molar-refractivity contribution in [2.45, 2.75) is 60.3 Å². The minimum Gasteiger partial charge on any atom is -0.0958 e. The van der Waals surface area contributed by atoms with E-state index in [9.17, 15) is 0 Å². The van der Waals surface area contributed by atoms with E-state index in [1.54, 1.807) is 0 Å². The van der Waals surface area contributed by atoms with Crippen LogP contribution in [0.15, 0.2) is 71.4 Å². The van der Waals surface area contributed by atoms with E-state index in [1.807, 2.05) is 6.92 Å². The van der Waals surface area contributed by atoms with Crippen molar-refractivity contribution >= 4 is 0 Å². The second-order valence-corrected chi connectivity index (χ2v) is 5.47. The van der Waals surface area contributed by atoms with Crippen LogP contribution in [0.1, 0.15) is 60.3 Å². The minimum atomic E-state index is 1.09. The van der Waals surface area contributed by atoms with Crippen molar-refractivity contribution in [1.29, 1.82) is 0 Å². The lowest BCUT2D eigenvalue weighted by Gasteiger charge is -2.05. The van der Waals surface area contributed by atoms with Gasteiger partial charge in [-0.2, -0.15) is 0 Å². The molecule has 0 aliphatic heterocycles. The second-order valence-electron chi connectivity index (χ2n) is 5.47. The van der Waals surface area contributed by atoms with Gasteiger partial charge in [-0.15, -0.1) is 0 Å². The Morgan fingerprint density at radius 1 is 1.00 bits per heavy atom. The normalized spacial score (nSPS) is 14.4. The van der Waals surface area contributed by atoms with Gasteiger partial charge < -0.3 is 0 Å². The maximum Gasteiger partial charge on any atom is -0.0274 e. The molecule has 0 spiro atoms. The van der Waals surface area contributed by atoms with Gasteiger partial charge in [-0.05, 0) is 70.1 Å². The smallest absolute Gasteiger partial charge is 0.0274 e. The predicted octanol–water partition coefficient (Wildman–Crippen LogP) is 7.09. The Bertz CT molecular complexity index is 450. The van der Waals surface area contributed by atoms with E-state index < -0.39 is 0 Å². The molecule has 0 heteroatoms. The van der Waals surface area contributed by atoms with Crippen LogP contribution in [0.5, 0.6) is 0 Å². The molecule has 0 aliphatic rings. The number of unbranched alkanes of at least 4 members (excludes halogenated alkanes) is 1. The monoisotopic (exact) mass is 284 g/mol. The minimum absolute atomic E-state index is 1.09. The van der Waals surface area contributed by atoms with E-state index >= 15 is 0 Å². The van der Waals surface area contributed by atoms with Gasteiger partial charge in [0.1, 0.15) is 0 Å². The lowest BCUT2D eigenvalue weighted by molar-refractivity contribution is 0.837. The lowest BCUT2D eigenvalue weighted by atomic mass is 10.0. The summed E-state index contributed by atoms with van der Waals surface area (Å²) in [6, 6.07) is 0. The third-order valence-corrected chi connectivity index (χ3v) is 3.45. The first-order valence-electron chi connectivity index (χ1n) is 8.01. The SMILES string of the molecule is C=C(C)/C(=C/C=C\C)CCC/C=C/C(C)=C(C)\C=C\CC. The van der Waals surface area contributed by atoms with E-state index in [-0.39, 0.29) is 0 Å². The Morgan fingerprint density at radius 2 is 1.62 bits per heavy atom. The van der Waals surface area contributed by atoms with Crippen molar-refractivity contribution in [2.24, 2.45) is 0 Å². The molecule has 21 heavy (non-hydrogen) atoms. The summed E-state index contributed by atoms with van der Waals surface area (Å²) in [5.41, 5.74) is 5.23. The zero-order chi connectivity index (χ0) is 16.1. The quantitative estimate of drug-likeness (QED) is 0.313. The van der Waals surface area contributed by atoms with E-state index in [4.69, 9.17) is 0 Å². The molecule has 0 unspecified atom stereocenters. The van der Waals surface area contributed by atoms with Gasteiger partial charge in [0.2, 0.25) is 0 Å². The maximum absolute atomic E-state index is 4.05. The Balaban J connectivity index is 4.34. The Morgan fingerprint density at radius 3 is 2.14 bits per heavy atom. The van der Waals surface area contributed by atoms with Gasteiger partial charge in [0, 0.05) is 0 Å². The molecule has 0 aromatic carbocycles.